The van der Waals surface area contributed by atoms with E-state index < -0.39 is 23.2 Å². The van der Waals surface area contributed by atoms with Crippen LogP contribution < -0.4 is 10.1 Å². The van der Waals surface area contributed by atoms with Crippen LogP contribution in [0.1, 0.15) is 35.7 Å². The predicted molar refractivity (Wildman–Crippen MR) is 142 cm³/mol. The lowest BCUT2D eigenvalue weighted by Gasteiger charge is -2.14. The minimum absolute atomic E-state index is 0.0261. The number of H-pyrrole nitrogens is 1. The van der Waals surface area contributed by atoms with Crippen LogP contribution in [0, 0.1) is 12.7 Å². The van der Waals surface area contributed by atoms with Gasteiger partial charge in [-0.3, -0.25) is 24.4 Å². The van der Waals surface area contributed by atoms with Crippen molar-refractivity contribution in [2.24, 2.45) is 0 Å². The van der Waals surface area contributed by atoms with E-state index in [2.05, 4.69) is 5.10 Å². The van der Waals surface area contributed by atoms with Gasteiger partial charge in [0.2, 0.25) is 0 Å². The van der Waals surface area contributed by atoms with Gasteiger partial charge in [0.25, 0.3) is 17.2 Å². The summed E-state index contributed by atoms with van der Waals surface area (Å²) in [5.74, 6) is -1.54. The molecular formula is C29H25ClFN4O3+. The van der Waals surface area contributed by atoms with Crippen LogP contribution in [0.3, 0.4) is 0 Å². The molecule has 0 aliphatic carbocycles. The van der Waals surface area contributed by atoms with E-state index in [-0.39, 0.29) is 23.4 Å². The van der Waals surface area contributed by atoms with E-state index in [9.17, 15) is 18.8 Å². The quantitative estimate of drug-likeness (QED) is 0.283. The van der Waals surface area contributed by atoms with Gasteiger partial charge in [-0.15, -0.1) is 0 Å². The average Bonchev–Trinajstić information content (AvgIpc) is 3.33. The van der Waals surface area contributed by atoms with E-state index in [1.807, 2.05) is 19.9 Å². The molecule has 0 spiro atoms. The molecule has 1 aliphatic rings. The van der Waals surface area contributed by atoms with Crippen molar-refractivity contribution in [1.82, 2.24) is 14.7 Å². The van der Waals surface area contributed by atoms with Gasteiger partial charge in [-0.05, 0) is 55.3 Å². The van der Waals surface area contributed by atoms with Crippen LogP contribution in [0.25, 0.3) is 17.0 Å². The number of pyridine rings is 1. The second-order valence-electron chi connectivity index (χ2n) is 9.17. The molecule has 2 aromatic carbocycles. The minimum Gasteiger partial charge on any atom is -0.294 e. The van der Waals surface area contributed by atoms with E-state index in [0.717, 1.165) is 10.5 Å². The number of aromatic amines is 1. The Balaban J connectivity index is 1.72. The number of hydrogen-bond donors (Lipinski definition) is 1. The molecule has 1 N–H and O–H groups in total. The molecule has 0 unspecified atom stereocenters. The molecule has 1 aliphatic heterocycles. The van der Waals surface area contributed by atoms with Crippen molar-refractivity contribution >= 4 is 34.7 Å². The Labute approximate surface area is 223 Å². The van der Waals surface area contributed by atoms with Crippen molar-refractivity contribution in [2.75, 3.05) is 0 Å². The number of halogens is 2. The zero-order valence-corrected chi connectivity index (χ0v) is 21.6. The number of aryl methyl sites for hydroxylation is 2. The first kappa shape index (κ1) is 25.4. The van der Waals surface area contributed by atoms with Crippen LogP contribution in [0.4, 0.5) is 4.39 Å². The molecule has 5 rings (SSSR count). The SMILES string of the molecule is CCCc1[nH]n(-c2cccc(Cl)c2)c(=O)c1C1=C([n+]2cccc(C)c2)C(=O)N(Cc2ccc(F)cc2)C1=O. The topological polar surface area (TPSA) is 79.1 Å². The molecule has 0 saturated carbocycles. The first-order valence-electron chi connectivity index (χ1n) is 12.2. The van der Waals surface area contributed by atoms with Crippen molar-refractivity contribution in [1.29, 1.82) is 0 Å². The number of amides is 2. The highest BCUT2D eigenvalue weighted by atomic mass is 35.5. The molecule has 192 valence electrons. The summed E-state index contributed by atoms with van der Waals surface area (Å²) in [6.45, 7) is 3.78. The van der Waals surface area contributed by atoms with Gasteiger partial charge in [0, 0.05) is 22.3 Å². The average molecular weight is 532 g/mol. The van der Waals surface area contributed by atoms with E-state index in [1.165, 1.54) is 28.9 Å². The van der Waals surface area contributed by atoms with Gasteiger partial charge in [0.05, 0.1) is 17.8 Å². The third kappa shape index (κ3) is 4.59. The van der Waals surface area contributed by atoms with Crippen molar-refractivity contribution in [3.8, 4) is 5.69 Å². The van der Waals surface area contributed by atoms with Crippen LogP contribution in [0.5, 0.6) is 0 Å². The largest absolute Gasteiger partial charge is 0.327 e. The highest BCUT2D eigenvalue weighted by molar-refractivity contribution is 6.44. The summed E-state index contributed by atoms with van der Waals surface area (Å²) in [5.41, 5.74) is 2.32. The third-order valence-electron chi connectivity index (χ3n) is 6.39. The van der Waals surface area contributed by atoms with Crippen LogP contribution in [0.2, 0.25) is 5.02 Å². The fourth-order valence-corrected chi connectivity index (χ4v) is 4.83. The van der Waals surface area contributed by atoms with Gasteiger partial charge in [-0.1, -0.05) is 43.1 Å². The first-order valence-corrected chi connectivity index (χ1v) is 12.6. The van der Waals surface area contributed by atoms with Gasteiger partial charge < -0.3 is 0 Å². The third-order valence-corrected chi connectivity index (χ3v) is 6.62. The molecule has 7 nitrogen and oxygen atoms in total. The summed E-state index contributed by atoms with van der Waals surface area (Å²) < 4.78 is 16.4. The maximum Gasteiger partial charge on any atom is 0.327 e. The molecule has 0 atom stereocenters. The van der Waals surface area contributed by atoms with E-state index in [0.29, 0.717) is 34.8 Å². The van der Waals surface area contributed by atoms with E-state index in [4.69, 9.17) is 11.6 Å². The Kier molecular flexibility index (Phi) is 6.82. The Bertz CT molecular complexity index is 1650. The maximum atomic E-state index is 13.9. The van der Waals surface area contributed by atoms with Crippen molar-refractivity contribution in [2.45, 2.75) is 33.2 Å². The molecule has 4 aromatic rings. The lowest BCUT2D eigenvalue weighted by Crippen LogP contribution is -2.39. The highest BCUT2D eigenvalue weighted by Crippen LogP contribution is 2.31. The number of benzene rings is 2. The molecule has 3 heterocycles. The van der Waals surface area contributed by atoms with Crippen LogP contribution >= 0.6 is 11.6 Å². The highest BCUT2D eigenvalue weighted by Gasteiger charge is 2.47. The Morgan fingerprint density at radius 1 is 1.00 bits per heavy atom. The van der Waals surface area contributed by atoms with Crippen LogP contribution in [0.15, 0.2) is 77.9 Å². The summed E-state index contributed by atoms with van der Waals surface area (Å²) in [4.78, 5) is 42.7. The standard InChI is InChI=1S/C29H24ClFN4O3/c1-3-6-23-24(28(37)35(32-23)22-9-4-8-20(30)15-22)25-26(33-14-5-7-18(2)16-33)29(38)34(27(25)36)17-19-10-12-21(31)13-11-19/h4-5,7-16H,3,6,17H2,1-2H3/p+1. The second-order valence-corrected chi connectivity index (χ2v) is 9.61. The summed E-state index contributed by atoms with van der Waals surface area (Å²) >= 11 is 6.18. The summed E-state index contributed by atoms with van der Waals surface area (Å²) in [6.07, 6.45) is 4.59. The van der Waals surface area contributed by atoms with Crippen molar-refractivity contribution in [3.63, 3.8) is 0 Å². The summed E-state index contributed by atoms with van der Waals surface area (Å²) in [6, 6.07) is 16.1. The minimum atomic E-state index is -0.588. The number of rotatable bonds is 7. The normalized spacial score (nSPS) is 13.6. The zero-order valence-electron chi connectivity index (χ0n) is 20.9. The first-order chi connectivity index (χ1) is 18.3. The molecule has 0 radical (unpaired) electrons. The maximum absolute atomic E-state index is 13.9. The van der Waals surface area contributed by atoms with Gasteiger partial charge in [0.1, 0.15) is 11.4 Å². The smallest absolute Gasteiger partial charge is 0.294 e. The number of nitrogens with zero attached hydrogens (tertiary/aromatic N) is 3. The summed E-state index contributed by atoms with van der Waals surface area (Å²) in [7, 11) is 0. The summed E-state index contributed by atoms with van der Waals surface area (Å²) in [5, 5.41) is 3.59. The monoisotopic (exact) mass is 531 g/mol. The van der Waals surface area contributed by atoms with Gasteiger partial charge >= 0.3 is 5.91 Å². The van der Waals surface area contributed by atoms with Gasteiger partial charge in [-0.2, -0.15) is 4.57 Å². The molecule has 0 fully saturated rings. The fourth-order valence-electron chi connectivity index (χ4n) is 4.64. The molecular weight excluding hydrogens is 507 g/mol. The Hall–Kier alpha value is -4.30. The fraction of sp³-hybridized carbons (Fsp3) is 0.172. The molecule has 0 bridgehead atoms. The molecule has 2 aromatic heterocycles. The van der Waals surface area contributed by atoms with Crippen LogP contribution in [-0.4, -0.2) is 26.5 Å². The number of aromatic nitrogens is 3. The number of carbonyl (C=O) groups excluding carboxylic acids is 2. The van der Waals surface area contributed by atoms with Gasteiger partial charge in [0.15, 0.2) is 12.4 Å². The van der Waals surface area contributed by atoms with Crippen molar-refractivity contribution < 1.29 is 18.5 Å². The number of nitrogens with one attached hydrogen (secondary N) is 1. The van der Waals surface area contributed by atoms with Crippen LogP contribution in [-0.2, 0) is 22.6 Å². The molecule has 38 heavy (non-hydrogen) atoms. The molecule has 0 saturated heterocycles. The lowest BCUT2D eigenvalue weighted by atomic mass is 10.0. The molecule has 2 amide bonds. The zero-order chi connectivity index (χ0) is 27.0. The number of imide groups is 1. The predicted octanol–water partition coefficient (Wildman–Crippen LogP) is 4.44. The van der Waals surface area contributed by atoms with E-state index >= 15 is 0 Å². The number of hydrogen-bond acceptors (Lipinski definition) is 3. The molecule has 9 heteroatoms. The Morgan fingerprint density at radius 2 is 1.76 bits per heavy atom. The van der Waals surface area contributed by atoms with E-state index in [1.54, 1.807) is 47.3 Å². The lowest BCUT2D eigenvalue weighted by molar-refractivity contribution is -0.577. The Morgan fingerprint density at radius 3 is 2.45 bits per heavy atom. The van der Waals surface area contributed by atoms with Crippen molar-refractivity contribution in [3.05, 3.63) is 117 Å². The number of carbonyl (C=O) groups is 2. The second kappa shape index (κ2) is 10.2. The van der Waals surface area contributed by atoms with Gasteiger partial charge in [-0.25, -0.2) is 9.07 Å².